The van der Waals surface area contributed by atoms with Crippen LogP contribution in [-0.2, 0) is 4.79 Å². The highest BCUT2D eigenvalue weighted by Gasteiger charge is 2.30. The van der Waals surface area contributed by atoms with Crippen molar-refractivity contribution in [2.24, 2.45) is 0 Å². The number of nitrogens with zero attached hydrogens (tertiary/aromatic N) is 2. The number of hydrogen-bond acceptors (Lipinski definition) is 4. The molecule has 0 atom stereocenters. The Balaban J connectivity index is 2.54. The third-order valence-corrected chi connectivity index (χ3v) is 2.79. The van der Waals surface area contributed by atoms with Crippen molar-refractivity contribution in [2.75, 3.05) is 7.05 Å². The van der Waals surface area contributed by atoms with E-state index in [-0.39, 0.29) is 16.9 Å². The average Bonchev–Trinajstić information content (AvgIpc) is 2.56. The number of benzene rings is 1. The topological polar surface area (TPSA) is 92.5 Å². The van der Waals surface area contributed by atoms with E-state index in [4.69, 9.17) is 0 Å². The first-order chi connectivity index (χ1) is 8.90. The van der Waals surface area contributed by atoms with Crippen LogP contribution in [-0.4, -0.2) is 28.8 Å². The lowest BCUT2D eigenvalue weighted by molar-refractivity contribution is -0.385. The Morgan fingerprint density at radius 1 is 1.37 bits per heavy atom. The number of nitrogens with one attached hydrogen (secondary N) is 1. The van der Waals surface area contributed by atoms with Gasteiger partial charge in [0.15, 0.2) is 0 Å². The molecule has 0 aliphatic carbocycles. The summed E-state index contributed by atoms with van der Waals surface area (Å²) in [7, 11) is 1.42. The molecule has 0 unspecified atom stereocenters. The van der Waals surface area contributed by atoms with E-state index >= 15 is 0 Å². The SMILES string of the molecule is Cc1ccc([N+](=O)[O-])c(C=C2C(=O)NC(=O)N2C)c1. The number of likely N-dealkylation sites (N-methyl/N-ethyl adjacent to an activating group) is 1. The predicted molar refractivity (Wildman–Crippen MR) is 67.1 cm³/mol. The standard InChI is InChI=1S/C12H11N3O4/c1-7-3-4-9(15(18)19)8(5-7)6-10-11(16)13-12(17)14(10)2/h3-6H,1-2H3,(H,13,16,17). The first-order valence-corrected chi connectivity index (χ1v) is 5.46. The van der Waals surface area contributed by atoms with E-state index in [1.807, 2.05) is 0 Å². The molecular weight excluding hydrogens is 250 g/mol. The van der Waals surface area contributed by atoms with E-state index < -0.39 is 16.9 Å². The van der Waals surface area contributed by atoms with E-state index in [1.54, 1.807) is 19.1 Å². The predicted octanol–water partition coefficient (Wildman–Crippen LogP) is 1.43. The van der Waals surface area contributed by atoms with Crippen molar-refractivity contribution in [1.82, 2.24) is 10.2 Å². The smallest absolute Gasteiger partial charge is 0.292 e. The lowest BCUT2D eigenvalue weighted by atomic mass is 10.1. The van der Waals surface area contributed by atoms with Gasteiger partial charge in [-0.2, -0.15) is 0 Å². The first kappa shape index (κ1) is 12.7. The molecule has 1 aliphatic heterocycles. The highest BCUT2D eigenvalue weighted by molar-refractivity contribution is 6.14. The number of hydrogen-bond donors (Lipinski definition) is 1. The zero-order valence-electron chi connectivity index (χ0n) is 10.3. The Bertz CT molecular complexity index is 621. The molecule has 0 radical (unpaired) electrons. The molecule has 0 saturated carbocycles. The summed E-state index contributed by atoms with van der Waals surface area (Å²) in [6, 6.07) is 4.03. The molecule has 1 fully saturated rings. The van der Waals surface area contributed by atoms with Crippen LogP contribution in [0.25, 0.3) is 6.08 Å². The van der Waals surface area contributed by atoms with Crippen molar-refractivity contribution in [3.05, 3.63) is 45.1 Å². The van der Waals surface area contributed by atoms with Gasteiger partial charge in [0.1, 0.15) is 5.70 Å². The Morgan fingerprint density at radius 3 is 2.58 bits per heavy atom. The van der Waals surface area contributed by atoms with E-state index in [2.05, 4.69) is 5.32 Å². The fourth-order valence-electron chi connectivity index (χ4n) is 1.77. The lowest BCUT2D eigenvalue weighted by Gasteiger charge is -2.07. The second-order valence-corrected chi connectivity index (χ2v) is 4.17. The van der Waals surface area contributed by atoms with Crippen molar-refractivity contribution in [1.29, 1.82) is 0 Å². The van der Waals surface area contributed by atoms with E-state index in [9.17, 15) is 19.7 Å². The van der Waals surface area contributed by atoms with Gasteiger partial charge in [0.25, 0.3) is 11.6 Å². The zero-order valence-corrected chi connectivity index (χ0v) is 10.3. The molecule has 1 aromatic rings. The molecule has 1 saturated heterocycles. The molecule has 7 heteroatoms. The van der Waals surface area contributed by atoms with Crippen molar-refractivity contribution >= 4 is 23.7 Å². The molecule has 0 aromatic heterocycles. The maximum absolute atomic E-state index is 11.6. The minimum atomic E-state index is -0.566. The molecule has 1 N–H and O–H groups in total. The maximum atomic E-state index is 11.6. The molecule has 3 amide bonds. The van der Waals surface area contributed by atoms with Gasteiger partial charge in [-0.05, 0) is 19.1 Å². The minimum Gasteiger partial charge on any atom is -0.292 e. The second-order valence-electron chi connectivity index (χ2n) is 4.17. The van der Waals surface area contributed by atoms with Crippen LogP contribution < -0.4 is 5.32 Å². The van der Waals surface area contributed by atoms with Crippen LogP contribution >= 0.6 is 0 Å². The maximum Gasteiger partial charge on any atom is 0.328 e. The minimum absolute atomic E-state index is 0.0821. The third kappa shape index (κ3) is 2.30. The molecule has 1 heterocycles. The van der Waals surface area contributed by atoms with Crippen LogP contribution in [0.3, 0.4) is 0 Å². The Hall–Kier alpha value is -2.70. The number of amides is 3. The Morgan fingerprint density at radius 2 is 2.05 bits per heavy atom. The van der Waals surface area contributed by atoms with Gasteiger partial charge >= 0.3 is 6.03 Å². The molecule has 1 aliphatic rings. The van der Waals surface area contributed by atoms with E-state index in [0.717, 1.165) is 10.5 Å². The monoisotopic (exact) mass is 261 g/mol. The highest BCUT2D eigenvalue weighted by atomic mass is 16.6. The molecule has 2 rings (SSSR count). The van der Waals surface area contributed by atoms with Gasteiger partial charge in [-0.1, -0.05) is 11.6 Å². The summed E-state index contributed by atoms with van der Waals surface area (Å²) in [5.41, 5.74) is 1.08. The lowest BCUT2D eigenvalue weighted by Crippen LogP contribution is -2.24. The summed E-state index contributed by atoms with van der Waals surface area (Å²) in [4.78, 5) is 34.4. The van der Waals surface area contributed by atoms with E-state index in [1.165, 1.54) is 19.2 Å². The Kier molecular flexibility index (Phi) is 3.04. The number of nitro groups is 1. The van der Waals surface area contributed by atoms with Crippen molar-refractivity contribution in [3.8, 4) is 0 Å². The molecular formula is C12H11N3O4. The largest absolute Gasteiger partial charge is 0.328 e. The molecule has 98 valence electrons. The molecule has 1 aromatic carbocycles. The summed E-state index contributed by atoms with van der Waals surface area (Å²) < 4.78 is 0. The first-order valence-electron chi connectivity index (χ1n) is 5.46. The number of urea groups is 1. The van der Waals surface area contributed by atoms with Gasteiger partial charge in [-0.25, -0.2) is 4.79 Å². The van der Waals surface area contributed by atoms with Gasteiger partial charge < -0.3 is 0 Å². The Labute approximate surface area is 108 Å². The average molecular weight is 261 g/mol. The number of aryl methyl sites for hydroxylation is 1. The molecule has 0 spiro atoms. The number of carbonyl (C=O) groups is 2. The highest BCUT2D eigenvalue weighted by Crippen LogP contribution is 2.24. The normalized spacial score (nSPS) is 16.9. The van der Waals surface area contributed by atoms with Gasteiger partial charge in [0, 0.05) is 13.1 Å². The van der Waals surface area contributed by atoms with Gasteiger partial charge in [0.2, 0.25) is 0 Å². The van der Waals surface area contributed by atoms with E-state index in [0.29, 0.717) is 0 Å². The summed E-state index contributed by atoms with van der Waals surface area (Å²) in [5, 5.41) is 13.0. The van der Waals surface area contributed by atoms with Gasteiger partial charge in [-0.3, -0.25) is 25.1 Å². The number of imide groups is 1. The fraction of sp³-hybridized carbons (Fsp3) is 0.167. The van der Waals surface area contributed by atoms with Crippen molar-refractivity contribution in [3.63, 3.8) is 0 Å². The van der Waals surface area contributed by atoms with Crippen LogP contribution in [0.15, 0.2) is 23.9 Å². The van der Waals surface area contributed by atoms with Crippen LogP contribution in [0.1, 0.15) is 11.1 Å². The quantitative estimate of drug-likeness (QED) is 0.377. The van der Waals surface area contributed by atoms with Crippen LogP contribution in [0.2, 0.25) is 0 Å². The number of nitro benzene ring substituents is 1. The van der Waals surface area contributed by atoms with Crippen LogP contribution in [0, 0.1) is 17.0 Å². The van der Waals surface area contributed by atoms with Crippen molar-refractivity contribution < 1.29 is 14.5 Å². The summed E-state index contributed by atoms with van der Waals surface area (Å²) in [6.45, 7) is 1.79. The molecule has 7 nitrogen and oxygen atoms in total. The fourth-order valence-corrected chi connectivity index (χ4v) is 1.77. The summed E-state index contributed by atoms with van der Waals surface area (Å²) >= 11 is 0. The number of carbonyl (C=O) groups excluding carboxylic acids is 2. The number of rotatable bonds is 2. The molecule has 0 bridgehead atoms. The second kappa shape index (κ2) is 4.52. The zero-order chi connectivity index (χ0) is 14.2. The van der Waals surface area contributed by atoms with Crippen LogP contribution in [0.4, 0.5) is 10.5 Å². The summed E-state index contributed by atoms with van der Waals surface area (Å²) in [5.74, 6) is -0.566. The molecule has 19 heavy (non-hydrogen) atoms. The van der Waals surface area contributed by atoms with Gasteiger partial charge in [-0.15, -0.1) is 0 Å². The van der Waals surface area contributed by atoms with Gasteiger partial charge in [0.05, 0.1) is 10.5 Å². The summed E-state index contributed by atoms with van der Waals surface area (Å²) in [6.07, 6.45) is 1.34. The van der Waals surface area contributed by atoms with Crippen molar-refractivity contribution in [2.45, 2.75) is 6.92 Å². The van der Waals surface area contributed by atoms with Crippen LogP contribution in [0.5, 0.6) is 0 Å². The third-order valence-electron chi connectivity index (χ3n) is 2.79.